The van der Waals surface area contributed by atoms with E-state index in [0.29, 0.717) is 18.0 Å². The third-order valence-corrected chi connectivity index (χ3v) is 4.23. The van der Waals surface area contributed by atoms with Crippen molar-refractivity contribution in [1.82, 2.24) is 23.9 Å². The van der Waals surface area contributed by atoms with Gasteiger partial charge < -0.3 is 18.4 Å². The Labute approximate surface area is 150 Å². The van der Waals surface area contributed by atoms with Crippen molar-refractivity contribution in [3.63, 3.8) is 0 Å². The number of benzene rings is 1. The molecule has 7 heteroatoms. The van der Waals surface area contributed by atoms with Crippen molar-refractivity contribution in [2.75, 3.05) is 14.2 Å². The van der Waals surface area contributed by atoms with Gasteiger partial charge in [0, 0.05) is 31.0 Å². The highest BCUT2D eigenvalue weighted by molar-refractivity contribution is 5.70. The lowest BCUT2D eigenvalue weighted by atomic mass is 10.1. The molecule has 1 aromatic carbocycles. The molecule has 0 aliphatic carbocycles. The average Bonchev–Trinajstić information content (AvgIpc) is 3.27. The molecule has 7 nitrogen and oxygen atoms in total. The molecule has 0 saturated carbocycles. The lowest BCUT2D eigenvalue weighted by Crippen LogP contribution is -2.03. The number of imidazole rings is 2. The molecule has 0 bridgehead atoms. The number of methoxy groups -OCH3 is 2. The van der Waals surface area contributed by atoms with Crippen molar-refractivity contribution in [2.45, 2.75) is 13.5 Å². The van der Waals surface area contributed by atoms with Gasteiger partial charge in [0.05, 0.1) is 38.2 Å². The second-order valence-electron chi connectivity index (χ2n) is 6.00. The van der Waals surface area contributed by atoms with E-state index >= 15 is 0 Å². The number of aromatic nitrogens is 5. The van der Waals surface area contributed by atoms with Crippen LogP contribution in [0.3, 0.4) is 0 Å². The first-order valence-corrected chi connectivity index (χ1v) is 8.21. The molecule has 0 aliphatic heterocycles. The highest BCUT2D eigenvalue weighted by atomic mass is 16.5. The summed E-state index contributed by atoms with van der Waals surface area (Å²) in [5.41, 5.74) is 3.71. The standard InChI is InChI=1S/C19H19N5O2/c1-13-8-15(18(26-3)16(9-13)25-2)19-21-5-7-24(19)12-14-11-23-6-4-20-10-17(23)22-14/h4-11H,12H2,1-3H3. The Bertz CT molecular complexity index is 1030. The first kappa shape index (κ1) is 16.1. The van der Waals surface area contributed by atoms with Crippen LogP contribution in [-0.2, 0) is 6.54 Å². The van der Waals surface area contributed by atoms with Gasteiger partial charge in [0.2, 0.25) is 0 Å². The van der Waals surface area contributed by atoms with Crippen LogP contribution in [0, 0.1) is 6.92 Å². The maximum atomic E-state index is 5.59. The minimum atomic E-state index is 0.594. The van der Waals surface area contributed by atoms with Crippen molar-refractivity contribution in [3.8, 4) is 22.9 Å². The number of rotatable bonds is 5. The van der Waals surface area contributed by atoms with E-state index in [1.807, 2.05) is 46.6 Å². The number of hydrogen-bond acceptors (Lipinski definition) is 5. The molecule has 0 fully saturated rings. The molecule has 132 valence electrons. The van der Waals surface area contributed by atoms with Crippen LogP contribution in [0.25, 0.3) is 17.0 Å². The van der Waals surface area contributed by atoms with E-state index in [1.54, 1.807) is 32.8 Å². The van der Waals surface area contributed by atoms with Gasteiger partial charge in [-0.25, -0.2) is 9.97 Å². The second-order valence-corrected chi connectivity index (χ2v) is 6.00. The maximum absolute atomic E-state index is 5.59. The highest BCUT2D eigenvalue weighted by Gasteiger charge is 2.17. The van der Waals surface area contributed by atoms with E-state index in [0.717, 1.165) is 28.3 Å². The summed E-state index contributed by atoms with van der Waals surface area (Å²) in [6.45, 7) is 2.62. The summed E-state index contributed by atoms with van der Waals surface area (Å²) >= 11 is 0. The zero-order valence-electron chi connectivity index (χ0n) is 14.9. The summed E-state index contributed by atoms with van der Waals surface area (Å²) in [6.07, 6.45) is 11.1. The van der Waals surface area contributed by atoms with Gasteiger partial charge in [-0.1, -0.05) is 0 Å². The lowest BCUT2D eigenvalue weighted by molar-refractivity contribution is 0.355. The molecule has 3 aromatic heterocycles. The minimum Gasteiger partial charge on any atom is -0.493 e. The van der Waals surface area contributed by atoms with E-state index in [1.165, 1.54) is 0 Å². The first-order chi connectivity index (χ1) is 12.7. The Balaban J connectivity index is 1.77. The van der Waals surface area contributed by atoms with Crippen LogP contribution >= 0.6 is 0 Å². The zero-order valence-corrected chi connectivity index (χ0v) is 14.9. The minimum absolute atomic E-state index is 0.594. The normalized spacial score (nSPS) is 11.0. The summed E-state index contributed by atoms with van der Waals surface area (Å²) in [5, 5.41) is 0. The van der Waals surface area contributed by atoms with E-state index in [4.69, 9.17) is 9.47 Å². The van der Waals surface area contributed by atoms with Crippen LogP contribution in [0.4, 0.5) is 0 Å². The second kappa shape index (κ2) is 6.51. The van der Waals surface area contributed by atoms with Crippen molar-refractivity contribution in [2.24, 2.45) is 0 Å². The molecule has 0 atom stereocenters. The largest absolute Gasteiger partial charge is 0.493 e. The van der Waals surface area contributed by atoms with Gasteiger partial charge in [-0.15, -0.1) is 0 Å². The van der Waals surface area contributed by atoms with Gasteiger partial charge >= 0.3 is 0 Å². The SMILES string of the molecule is COc1cc(C)cc(-c2nccn2Cc2cn3ccncc3n2)c1OC. The smallest absolute Gasteiger partial charge is 0.171 e. The molecule has 4 aromatic rings. The van der Waals surface area contributed by atoms with Crippen molar-refractivity contribution in [3.05, 3.63) is 60.6 Å². The summed E-state index contributed by atoms with van der Waals surface area (Å²) in [7, 11) is 3.28. The molecule has 0 aliphatic rings. The molecule has 3 heterocycles. The van der Waals surface area contributed by atoms with Crippen molar-refractivity contribution in [1.29, 1.82) is 0 Å². The Morgan fingerprint density at radius 3 is 2.73 bits per heavy atom. The summed E-state index contributed by atoms with van der Waals surface area (Å²) < 4.78 is 15.1. The zero-order chi connectivity index (χ0) is 18.1. The van der Waals surface area contributed by atoms with Gasteiger partial charge in [0.1, 0.15) is 5.82 Å². The topological polar surface area (TPSA) is 66.5 Å². The van der Waals surface area contributed by atoms with Crippen molar-refractivity contribution >= 4 is 5.65 Å². The molecule has 4 rings (SSSR count). The maximum Gasteiger partial charge on any atom is 0.171 e. The molecule has 0 N–H and O–H groups in total. The number of nitrogens with zero attached hydrogens (tertiary/aromatic N) is 5. The van der Waals surface area contributed by atoms with Gasteiger partial charge in [0.15, 0.2) is 17.1 Å². The van der Waals surface area contributed by atoms with Crippen LogP contribution in [0.1, 0.15) is 11.3 Å². The molecule has 0 radical (unpaired) electrons. The summed E-state index contributed by atoms with van der Waals surface area (Å²) in [5.74, 6) is 2.17. The monoisotopic (exact) mass is 349 g/mol. The summed E-state index contributed by atoms with van der Waals surface area (Å²) in [6, 6.07) is 4.00. The highest BCUT2D eigenvalue weighted by Crippen LogP contribution is 2.38. The quantitative estimate of drug-likeness (QED) is 0.554. The fraction of sp³-hybridized carbons (Fsp3) is 0.211. The average molecular weight is 349 g/mol. The molecule has 0 unspecified atom stereocenters. The van der Waals surface area contributed by atoms with Gasteiger partial charge in [-0.2, -0.15) is 0 Å². The molecule has 0 spiro atoms. The Morgan fingerprint density at radius 1 is 1.08 bits per heavy atom. The van der Waals surface area contributed by atoms with Gasteiger partial charge in [-0.3, -0.25) is 4.98 Å². The molecular formula is C19H19N5O2. The number of aryl methyl sites for hydroxylation is 1. The van der Waals surface area contributed by atoms with E-state index in [-0.39, 0.29) is 0 Å². The Kier molecular flexibility index (Phi) is 4.04. The molecule has 0 amide bonds. The van der Waals surface area contributed by atoms with Crippen LogP contribution in [0.5, 0.6) is 11.5 Å². The predicted molar refractivity (Wildman–Crippen MR) is 97.6 cm³/mol. The van der Waals surface area contributed by atoms with Crippen LogP contribution in [-0.4, -0.2) is 38.1 Å². The van der Waals surface area contributed by atoms with Crippen molar-refractivity contribution < 1.29 is 9.47 Å². The third kappa shape index (κ3) is 2.77. The van der Waals surface area contributed by atoms with E-state index in [9.17, 15) is 0 Å². The van der Waals surface area contributed by atoms with Gasteiger partial charge in [-0.05, 0) is 24.6 Å². The Morgan fingerprint density at radius 2 is 1.96 bits per heavy atom. The van der Waals surface area contributed by atoms with E-state index in [2.05, 4.69) is 15.0 Å². The third-order valence-electron chi connectivity index (χ3n) is 4.23. The first-order valence-electron chi connectivity index (χ1n) is 8.21. The Hall–Kier alpha value is -3.35. The molecular weight excluding hydrogens is 330 g/mol. The number of ether oxygens (including phenoxy) is 2. The van der Waals surface area contributed by atoms with E-state index < -0.39 is 0 Å². The van der Waals surface area contributed by atoms with Crippen LogP contribution in [0.15, 0.2) is 49.3 Å². The number of fused-ring (bicyclic) bond motifs is 1. The fourth-order valence-corrected chi connectivity index (χ4v) is 3.10. The van der Waals surface area contributed by atoms with Gasteiger partial charge in [0.25, 0.3) is 0 Å². The lowest BCUT2D eigenvalue weighted by Gasteiger charge is -2.14. The van der Waals surface area contributed by atoms with Crippen LogP contribution in [0.2, 0.25) is 0 Å². The molecule has 26 heavy (non-hydrogen) atoms. The number of hydrogen-bond donors (Lipinski definition) is 0. The summed E-state index contributed by atoms with van der Waals surface area (Å²) in [4.78, 5) is 13.3. The predicted octanol–water partition coefficient (Wildman–Crippen LogP) is 2.97. The molecule has 0 saturated heterocycles. The fourth-order valence-electron chi connectivity index (χ4n) is 3.10. The van der Waals surface area contributed by atoms with Crippen LogP contribution < -0.4 is 9.47 Å².